The molecule has 78 valence electrons. The van der Waals surface area contributed by atoms with Gasteiger partial charge < -0.3 is 0 Å². The van der Waals surface area contributed by atoms with Crippen molar-refractivity contribution in [2.24, 2.45) is 5.41 Å². The molecule has 13 heavy (non-hydrogen) atoms. The molecule has 1 nitrogen and oxygen atoms in total. The minimum Gasteiger partial charge on any atom is -0.298 e. The molecule has 0 aromatic heterocycles. The summed E-state index contributed by atoms with van der Waals surface area (Å²) in [6, 6.07) is 0. The molecule has 0 aliphatic carbocycles. The fraction of sp³-hybridized carbons (Fsp3) is 1.00. The summed E-state index contributed by atoms with van der Waals surface area (Å²) in [7, 11) is 0. The SMILES string of the molecule is CCN1CCCC(C)(C)C1(C)CC. The molecule has 1 heterocycles. The van der Waals surface area contributed by atoms with Crippen LogP contribution in [0.2, 0.25) is 0 Å². The van der Waals surface area contributed by atoms with Gasteiger partial charge in [-0.25, -0.2) is 0 Å². The lowest BCUT2D eigenvalue weighted by Gasteiger charge is -2.55. The van der Waals surface area contributed by atoms with E-state index in [1.165, 1.54) is 32.4 Å². The van der Waals surface area contributed by atoms with Gasteiger partial charge in [0, 0.05) is 5.54 Å². The van der Waals surface area contributed by atoms with Crippen LogP contribution in [0.25, 0.3) is 0 Å². The van der Waals surface area contributed by atoms with Crippen molar-refractivity contribution in [3.8, 4) is 0 Å². The molecular weight excluding hydrogens is 158 g/mol. The molecule has 0 bridgehead atoms. The Bertz CT molecular complexity index is 174. The predicted octanol–water partition coefficient (Wildman–Crippen LogP) is 3.30. The third kappa shape index (κ3) is 1.63. The van der Waals surface area contributed by atoms with Crippen molar-refractivity contribution in [3.05, 3.63) is 0 Å². The second kappa shape index (κ2) is 3.61. The van der Waals surface area contributed by atoms with E-state index in [2.05, 4.69) is 39.5 Å². The van der Waals surface area contributed by atoms with Gasteiger partial charge in [0.05, 0.1) is 0 Å². The van der Waals surface area contributed by atoms with Crippen LogP contribution in [0.15, 0.2) is 0 Å². The van der Waals surface area contributed by atoms with Crippen molar-refractivity contribution in [1.29, 1.82) is 0 Å². The Kier molecular flexibility index (Phi) is 3.06. The van der Waals surface area contributed by atoms with E-state index in [0.29, 0.717) is 11.0 Å². The molecule has 0 saturated carbocycles. The largest absolute Gasteiger partial charge is 0.298 e. The number of hydrogen-bond donors (Lipinski definition) is 0. The highest BCUT2D eigenvalue weighted by atomic mass is 15.2. The first kappa shape index (κ1) is 11.0. The molecule has 0 aromatic rings. The van der Waals surface area contributed by atoms with Crippen LogP contribution in [0, 0.1) is 5.41 Å². The van der Waals surface area contributed by atoms with Crippen LogP contribution in [-0.2, 0) is 0 Å². The van der Waals surface area contributed by atoms with Crippen LogP contribution in [0.1, 0.15) is 53.9 Å². The smallest absolute Gasteiger partial charge is 0.0229 e. The molecule has 0 amide bonds. The van der Waals surface area contributed by atoms with Crippen LogP contribution in [0.5, 0.6) is 0 Å². The second-order valence-electron chi connectivity index (χ2n) is 5.19. The molecule has 0 N–H and O–H groups in total. The lowest BCUT2D eigenvalue weighted by atomic mass is 9.65. The Balaban J connectivity index is 2.90. The first-order valence-corrected chi connectivity index (χ1v) is 5.73. The van der Waals surface area contributed by atoms with E-state index < -0.39 is 0 Å². The Morgan fingerprint density at radius 2 is 1.77 bits per heavy atom. The van der Waals surface area contributed by atoms with Gasteiger partial charge >= 0.3 is 0 Å². The van der Waals surface area contributed by atoms with Gasteiger partial charge in [0.25, 0.3) is 0 Å². The number of piperidine rings is 1. The van der Waals surface area contributed by atoms with Crippen LogP contribution >= 0.6 is 0 Å². The molecule has 1 unspecified atom stereocenters. The molecule has 1 fully saturated rings. The van der Waals surface area contributed by atoms with Crippen molar-refractivity contribution in [3.63, 3.8) is 0 Å². The summed E-state index contributed by atoms with van der Waals surface area (Å²) in [6.07, 6.45) is 4.03. The van der Waals surface area contributed by atoms with Crippen molar-refractivity contribution in [2.75, 3.05) is 13.1 Å². The topological polar surface area (TPSA) is 3.24 Å². The summed E-state index contributed by atoms with van der Waals surface area (Å²) < 4.78 is 0. The molecule has 1 rings (SSSR count). The van der Waals surface area contributed by atoms with Gasteiger partial charge in [0.1, 0.15) is 0 Å². The average molecular weight is 183 g/mol. The maximum absolute atomic E-state index is 2.66. The maximum atomic E-state index is 2.66. The molecule has 0 spiro atoms. The van der Waals surface area contributed by atoms with Crippen LogP contribution in [0.3, 0.4) is 0 Å². The number of likely N-dealkylation sites (tertiary alicyclic amines) is 1. The molecule has 1 aliphatic heterocycles. The normalized spacial score (nSPS) is 34.8. The Morgan fingerprint density at radius 1 is 1.15 bits per heavy atom. The molecule has 1 heteroatoms. The van der Waals surface area contributed by atoms with Crippen molar-refractivity contribution < 1.29 is 0 Å². The van der Waals surface area contributed by atoms with E-state index in [9.17, 15) is 0 Å². The van der Waals surface area contributed by atoms with Gasteiger partial charge in [-0.3, -0.25) is 4.90 Å². The first-order chi connectivity index (χ1) is 5.98. The molecule has 1 saturated heterocycles. The summed E-state index contributed by atoms with van der Waals surface area (Å²) in [5, 5.41) is 0. The van der Waals surface area contributed by atoms with Gasteiger partial charge in [-0.2, -0.15) is 0 Å². The number of rotatable bonds is 2. The Hall–Kier alpha value is -0.0400. The lowest BCUT2D eigenvalue weighted by Crippen LogP contribution is -2.58. The Morgan fingerprint density at radius 3 is 2.15 bits per heavy atom. The molecule has 0 aromatic carbocycles. The number of nitrogens with zero attached hydrogens (tertiary/aromatic N) is 1. The molecule has 1 aliphatic rings. The predicted molar refractivity (Wildman–Crippen MR) is 59.0 cm³/mol. The standard InChI is InChI=1S/C12H25N/c1-6-12(5)11(3,4)9-8-10-13(12)7-2/h6-10H2,1-5H3. The fourth-order valence-corrected chi connectivity index (χ4v) is 2.87. The van der Waals surface area contributed by atoms with Gasteiger partial charge in [0.2, 0.25) is 0 Å². The third-order valence-electron chi connectivity index (χ3n) is 4.46. The monoisotopic (exact) mass is 183 g/mol. The minimum atomic E-state index is 0.417. The van der Waals surface area contributed by atoms with Gasteiger partial charge in [0.15, 0.2) is 0 Å². The summed E-state index contributed by atoms with van der Waals surface area (Å²) in [6.45, 7) is 14.4. The molecule has 0 radical (unpaired) electrons. The highest BCUT2D eigenvalue weighted by Crippen LogP contribution is 2.45. The number of hydrogen-bond acceptors (Lipinski definition) is 1. The highest BCUT2D eigenvalue weighted by Gasteiger charge is 2.45. The van der Waals surface area contributed by atoms with Gasteiger partial charge in [-0.05, 0) is 44.7 Å². The summed E-state index contributed by atoms with van der Waals surface area (Å²) >= 11 is 0. The van der Waals surface area contributed by atoms with E-state index in [1.807, 2.05) is 0 Å². The van der Waals surface area contributed by atoms with E-state index in [-0.39, 0.29) is 0 Å². The quantitative estimate of drug-likeness (QED) is 0.635. The van der Waals surface area contributed by atoms with Crippen LogP contribution < -0.4 is 0 Å². The van der Waals surface area contributed by atoms with Crippen molar-refractivity contribution in [2.45, 2.75) is 59.4 Å². The van der Waals surface area contributed by atoms with Gasteiger partial charge in [-0.15, -0.1) is 0 Å². The zero-order valence-electron chi connectivity index (χ0n) is 9.98. The maximum Gasteiger partial charge on any atom is 0.0229 e. The second-order valence-corrected chi connectivity index (χ2v) is 5.19. The van der Waals surface area contributed by atoms with Crippen molar-refractivity contribution in [1.82, 2.24) is 4.90 Å². The molecular formula is C12H25N. The van der Waals surface area contributed by atoms with Crippen molar-refractivity contribution >= 4 is 0 Å². The van der Waals surface area contributed by atoms with Gasteiger partial charge in [-0.1, -0.05) is 27.7 Å². The van der Waals surface area contributed by atoms with E-state index in [0.717, 1.165) is 0 Å². The summed E-state index contributed by atoms with van der Waals surface area (Å²) in [4.78, 5) is 2.66. The fourth-order valence-electron chi connectivity index (χ4n) is 2.87. The molecule has 1 atom stereocenters. The summed E-state index contributed by atoms with van der Waals surface area (Å²) in [5.41, 5.74) is 0.899. The van der Waals surface area contributed by atoms with Crippen LogP contribution in [0.4, 0.5) is 0 Å². The average Bonchev–Trinajstić information content (AvgIpc) is 2.09. The van der Waals surface area contributed by atoms with E-state index in [1.54, 1.807) is 0 Å². The minimum absolute atomic E-state index is 0.417. The lowest BCUT2D eigenvalue weighted by molar-refractivity contribution is -0.0431. The van der Waals surface area contributed by atoms with E-state index >= 15 is 0 Å². The third-order valence-corrected chi connectivity index (χ3v) is 4.46. The Labute approximate surface area is 83.5 Å². The van der Waals surface area contributed by atoms with E-state index in [4.69, 9.17) is 0 Å². The first-order valence-electron chi connectivity index (χ1n) is 5.73. The zero-order chi connectivity index (χ0) is 10.1. The summed E-state index contributed by atoms with van der Waals surface area (Å²) in [5.74, 6) is 0. The highest BCUT2D eigenvalue weighted by molar-refractivity contribution is 5.00. The zero-order valence-corrected chi connectivity index (χ0v) is 9.98. The van der Waals surface area contributed by atoms with Crippen LogP contribution in [-0.4, -0.2) is 23.5 Å².